The molecule has 0 spiro atoms. The lowest BCUT2D eigenvalue weighted by atomic mass is 10.3. The Morgan fingerprint density at radius 1 is 1.17 bits per heavy atom. The number of hydrogen-bond donors (Lipinski definition) is 2. The molecule has 0 aromatic heterocycles. The van der Waals surface area contributed by atoms with Gasteiger partial charge in [0, 0.05) is 6.42 Å². The Bertz CT molecular complexity index is 853. The van der Waals surface area contributed by atoms with E-state index in [4.69, 9.17) is 4.74 Å². The van der Waals surface area contributed by atoms with Gasteiger partial charge in [0.25, 0.3) is 10.0 Å². The maximum absolute atomic E-state index is 13.6. The number of hydrogen-bond acceptors (Lipinski definition) is 4. The first kappa shape index (κ1) is 17.7. The minimum absolute atomic E-state index is 0.127. The lowest BCUT2D eigenvalue weighted by molar-refractivity contribution is -0.115. The van der Waals surface area contributed by atoms with Gasteiger partial charge in [0.1, 0.15) is 11.6 Å². The van der Waals surface area contributed by atoms with E-state index in [9.17, 15) is 17.6 Å². The van der Waals surface area contributed by atoms with E-state index in [1.54, 1.807) is 6.92 Å². The summed E-state index contributed by atoms with van der Waals surface area (Å²) in [5.74, 6) is -0.652. The molecule has 0 fully saturated rings. The number of sulfonamides is 1. The van der Waals surface area contributed by atoms with Gasteiger partial charge in [-0.1, -0.05) is 19.1 Å². The molecule has 24 heavy (non-hydrogen) atoms. The third-order valence-corrected chi connectivity index (χ3v) is 4.56. The van der Waals surface area contributed by atoms with Crippen molar-refractivity contribution in [3.63, 3.8) is 0 Å². The molecule has 2 rings (SSSR count). The predicted molar refractivity (Wildman–Crippen MR) is 89.1 cm³/mol. The molecular formula is C16H17FN2O4S. The summed E-state index contributed by atoms with van der Waals surface area (Å²) in [5, 5.41) is 2.57. The number of benzene rings is 2. The smallest absolute Gasteiger partial charge is 0.262 e. The summed E-state index contributed by atoms with van der Waals surface area (Å²) < 4.78 is 45.8. The number of carbonyl (C=O) groups is 1. The van der Waals surface area contributed by atoms with Crippen LogP contribution in [0.1, 0.15) is 13.3 Å². The molecule has 0 aliphatic carbocycles. The Labute approximate surface area is 139 Å². The molecule has 2 aromatic carbocycles. The van der Waals surface area contributed by atoms with Crippen LogP contribution in [0.2, 0.25) is 0 Å². The van der Waals surface area contributed by atoms with Crippen LogP contribution >= 0.6 is 0 Å². The van der Waals surface area contributed by atoms with Crippen molar-refractivity contribution in [1.29, 1.82) is 0 Å². The Morgan fingerprint density at radius 2 is 1.88 bits per heavy atom. The standard InChI is InChI=1S/C16H17FN2O4S/c1-3-16(20)18-14-10-11(8-9-15(14)23-2)24(21,22)19-13-7-5-4-6-12(13)17/h4-10,19H,3H2,1-2H3,(H,18,20). The minimum atomic E-state index is -4.02. The molecule has 6 nitrogen and oxygen atoms in total. The van der Waals surface area contributed by atoms with Crippen molar-refractivity contribution in [2.75, 3.05) is 17.1 Å². The van der Waals surface area contributed by atoms with Gasteiger partial charge in [0.05, 0.1) is 23.4 Å². The molecule has 0 unspecified atom stereocenters. The molecule has 2 aromatic rings. The SMILES string of the molecule is CCC(=O)Nc1cc(S(=O)(=O)Nc2ccccc2F)ccc1OC. The summed E-state index contributed by atoms with van der Waals surface area (Å²) in [5.41, 5.74) is 0.0632. The molecular weight excluding hydrogens is 335 g/mol. The van der Waals surface area contributed by atoms with Crippen LogP contribution in [0.25, 0.3) is 0 Å². The van der Waals surface area contributed by atoms with Crippen molar-refractivity contribution in [3.8, 4) is 5.75 Å². The number of methoxy groups -OCH3 is 1. The Hall–Kier alpha value is -2.61. The third-order valence-electron chi connectivity index (χ3n) is 3.19. The van der Waals surface area contributed by atoms with E-state index in [2.05, 4.69) is 10.0 Å². The summed E-state index contributed by atoms with van der Waals surface area (Å²) in [6.45, 7) is 1.67. The van der Waals surface area contributed by atoms with Gasteiger partial charge >= 0.3 is 0 Å². The second-order valence-corrected chi connectivity index (χ2v) is 6.53. The van der Waals surface area contributed by atoms with Crippen LogP contribution in [0.3, 0.4) is 0 Å². The topological polar surface area (TPSA) is 84.5 Å². The number of rotatable bonds is 6. The average Bonchev–Trinajstić information content (AvgIpc) is 2.56. The fourth-order valence-electron chi connectivity index (χ4n) is 1.94. The van der Waals surface area contributed by atoms with Crippen molar-refractivity contribution in [1.82, 2.24) is 0 Å². The largest absolute Gasteiger partial charge is 0.495 e. The zero-order valence-electron chi connectivity index (χ0n) is 13.2. The first-order valence-corrected chi connectivity index (χ1v) is 8.61. The molecule has 1 amide bonds. The highest BCUT2D eigenvalue weighted by atomic mass is 32.2. The van der Waals surface area contributed by atoms with Crippen molar-refractivity contribution >= 4 is 27.3 Å². The van der Waals surface area contributed by atoms with Crippen LogP contribution in [0.5, 0.6) is 5.75 Å². The molecule has 128 valence electrons. The Balaban J connectivity index is 2.38. The van der Waals surface area contributed by atoms with Gasteiger partial charge in [-0.05, 0) is 30.3 Å². The Kier molecular flexibility index (Phi) is 5.40. The van der Waals surface area contributed by atoms with E-state index in [-0.39, 0.29) is 28.6 Å². The van der Waals surface area contributed by atoms with Crippen LogP contribution in [0.4, 0.5) is 15.8 Å². The first-order valence-electron chi connectivity index (χ1n) is 7.12. The van der Waals surface area contributed by atoms with E-state index >= 15 is 0 Å². The van der Waals surface area contributed by atoms with Crippen molar-refractivity contribution in [2.45, 2.75) is 18.2 Å². The van der Waals surface area contributed by atoms with Crippen LogP contribution < -0.4 is 14.8 Å². The number of amides is 1. The van der Waals surface area contributed by atoms with Crippen LogP contribution in [0.15, 0.2) is 47.4 Å². The molecule has 0 atom stereocenters. The van der Waals surface area contributed by atoms with Crippen LogP contribution in [-0.2, 0) is 14.8 Å². The number of nitrogens with one attached hydrogen (secondary N) is 2. The van der Waals surface area contributed by atoms with Gasteiger partial charge in [0.15, 0.2) is 0 Å². The quantitative estimate of drug-likeness (QED) is 0.837. The zero-order valence-corrected chi connectivity index (χ0v) is 14.0. The number of anilines is 2. The second kappa shape index (κ2) is 7.31. The van der Waals surface area contributed by atoms with Crippen LogP contribution in [-0.4, -0.2) is 21.4 Å². The van der Waals surface area contributed by atoms with Gasteiger partial charge in [-0.3, -0.25) is 9.52 Å². The summed E-state index contributed by atoms with van der Waals surface area (Å²) in [7, 11) is -2.62. The molecule has 0 heterocycles. The van der Waals surface area contributed by atoms with Gasteiger partial charge < -0.3 is 10.1 Å². The summed E-state index contributed by atoms with van der Waals surface area (Å²) in [6, 6.07) is 9.43. The number of para-hydroxylation sites is 1. The lowest BCUT2D eigenvalue weighted by Gasteiger charge is -2.13. The molecule has 0 bridgehead atoms. The molecule has 0 aliphatic rings. The van der Waals surface area contributed by atoms with E-state index < -0.39 is 15.8 Å². The van der Waals surface area contributed by atoms with Crippen molar-refractivity contribution in [3.05, 3.63) is 48.3 Å². The Morgan fingerprint density at radius 3 is 2.50 bits per heavy atom. The van der Waals surface area contributed by atoms with E-state index in [1.165, 1.54) is 43.5 Å². The minimum Gasteiger partial charge on any atom is -0.495 e. The van der Waals surface area contributed by atoms with Gasteiger partial charge in [-0.15, -0.1) is 0 Å². The highest BCUT2D eigenvalue weighted by molar-refractivity contribution is 7.92. The van der Waals surface area contributed by atoms with Gasteiger partial charge in [0.2, 0.25) is 5.91 Å². The third kappa shape index (κ3) is 4.02. The fraction of sp³-hybridized carbons (Fsp3) is 0.188. The maximum atomic E-state index is 13.6. The van der Waals surface area contributed by atoms with Crippen molar-refractivity contribution in [2.24, 2.45) is 0 Å². The van der Waals surface area contributed by atoms with E-state index in [0.29, 0.717) is 5.75 Å². The highest BCUT2D eigenvalue weighted by Gasteiger charge is 2.19. The number of carbonyl (C=O) groups excluding carboxylic acids is 1. The van der Waals surface area contributed by atoms with Gasteiger partial charge in [-0.2, -0.15) is 0 Å². The number of halogens is 1. The van der Waals surface area contributed by atoms with E-state index in [0.717, 1.165) is 6.07 Å². The monoisotopic (exact) mass is 352 g/mol. The normalized spacial score (nSPS) is 11.0. The van der Waals surface area contributed by atoms with E-state index in [1.807, 2.05) is 0 Å². The molecule has 0 saturated heterocycles. The van der Waals surface area contributed by atoms with Crippen LogP contribution in [0, 0.1) is 5.82 Å². The lowest BCUT2D eigenvalue weighted by Crippen LogP contribution is -2.15. The average molecular weight is 352 g/mol. The summed E-state index contributed by atoms with van der Waals surface area (Å²) in [4.78, 5) is 11.4. The highest BCUT2D eigenvalue weighted by Crippen LogP contribution is 2.29. The molecule has 0 aliphatic heterocycles. The fourth-order valence-corrected chi connectivity index (χ4v) is 3.03. The summed E-state index contributed by atoms with van der Waals surface area (Å²) in [6.07, 6.45) is 0.230. The molecule has 8 heteroatoms. The van der Waals surface area contributed by atoms with Crippen molar-refractivity contribution < 1.29 is 22.3 Å². The first-order chi connectivity index (χ1) is 11.4. The van der Waals surface area contributed by atoms with Gasteiger partial charge in [-0.25, -0.2) is 12.8 Å². The number of ether oxygens (including phenoxy) is 1. The molecule has 0 saturated carbocycles. The second-order valence-electron chi connectivity index (χ2n) is 4.85. The molecule has 0 radical (unpaired) electrons. The zero-order chi connectivity index (χ0) is 17.7. The predicted octanol–water partition coefficient (Wildman–Crippen LogP) is 2.98. The summed E-state index contributed by atoms with van der Waals surface area (Å²) >= 11 is 0. The maximum Gasteiger partial charge on any atom is 0.262 e. The molecule has 2 N–H and O–H groups in total.